The van der Waals surface area contributed by atoms with E-state index >= 15 is 0 Å². The molecule has 1 atom stereocenters. The molecular formula is C20H35N3O3. The van der Waals surface area contributed by atoms with E-state index in [9.17, 15) is 4.79 Å². The number of hydrogen-bond donors (Lipinski definition) is 0. The highest BCUT2D eigenvalue weighted by Crippen LogP contribution is 2.35. The molecule has 1 amide bonds. The lowest BCUT2D eigenvalue weighted by molar-refractivity contribution is -0.138. The van der Waals surface area contributed by atoms with Gasteiger partial charge in [0.1, 0.15) is 0 Å². The summed E-state index contributed by atoms with van der Waals surface area (Å²) in [5.41, 5.74) is 0.241. The Labute approximate surface area is 157 Å². The summed E-state index contributed by atoms with van der Waals surface area (Å²) in [6, 6.07) is 0. The molecule has 0 aromatic heterocycles. The lowest BCUT2D eigenvalue weighted by Crippen LogP contribution is -2.50. The van der Waals surface area contributed by atoms with Crippen molar-refractivity contribution in [3.63, 3.8) is 0 Å². The minimum absolute atomic E-state index is 0.103. The third-order valence-corrected chi connectivity index (χ3v) is 6.86. The fraction of sp³-hybridized carbons (Fsp3) is 0.950. The largest absolute Gasteiger partial charge is 0.381 e. The van der Waals surface area contributed by atoms with Crippen LogP contribution in [0.1, 0.15) is 32.1 Å². The van der Waals surface area contributed by atoms with E-state index in [1.54, 1.807) is 0 Å². The molecule has 148 valence electrons. The van der Waals surface area contributed by atoms with Crippen molar-refractivity contribution in [1.29, 1.82) is 0 Å². The zero-order valence-corrected chi connectivity index (χ0v) is 16.2. The van der Waals surface area contributed by atoms with Gasteiger partial charge in [0.25, 0.3) is 0 Å². The van der Waals surface area contributed by atoms with Gasteiger partial charge in [0, 0.05) is 51.3 Å². The Morgan fingerprint density at radius 3 is 2.42 bits per heavy atom. The molecular weight excluding hydrogens is 330 g/mol. The number of ether oxygens (including phenoxy) is 2. The highest BCUT2D eigenvalue weighted by molar-refractivity contribution is 5.79. The van der Waals surface area contributed by atoms with Crippen molar-refractivity contribution in [2.45, 2.75) is 32.1 Å². The fourth-order valence-corrected chi connectivity index (χ4v) is 5.05. The van der Waals surface area contributed by atoms with E-state index < -0.39 is 0 Å². The maximum atomic E-state index is 12.7. The first-order valence-corrected chi connectivity index (χ1v) is 10.6. The average Bonchev–Trinajstić information content (AvgIpc) is 3.34. The number of piperidine rings is 1. The predicted octanol–water partition coefficient (Wildman–Crippen LogP) is 1.06. The van der Waals surface area contributed by atoms with Gasteiger partial charge < -0.3 is 19.3 Å². The van der Waals surface area contributed by atoms with Crippen molar-refractivity contribution in [3.05, 3.63) is 0 Å². The third kappa shape index (κ3) is 4.41. The van der Waals surface area contributed by atoms with Gasteiger partial charge in [-0.2, -0.15) is 0 Å². The molecule has 26 heavy (non-hydrogen) atoms. The summed E-state index contributed by atoms with van der Waals surface area (Å²) in [5.74, 6) is 0.421. The molecule has 1 spiro atoms. The van der Waals surface area contributed by atoms with Gasteiger partial charge in [0.05, 0.1) is 25.7 Å². The molecule has 0 bridgehead atoms. The van der Waals surface area contributed by atoms with Gasteiger partial charge in [-0.1, -0.05) is 0 Å². The second kappa shape index (κ2) is 8.55. The molecule has 0 aromatic rings. The lowest BCUT2D eigenvalue weighted by atomic mass is 9.78. The molecule has 4 aliphatic heterocycles. The standard InChI is InChI=1S/C20H35N3O3/c24-19(18-3-13-25-15-18)23-8-4-20(5-9-23)16-22(12-14-26-17-20)11-10-21-6-1-2-7-21/h18H,1-17H2. The highest BCUT2D eigenvalue weighted by atomic mass is 16.5. The van der Waals surface area contributed by atoms with Crippen LogP contribution >= 0.6 is 0 Å². The first-order chi connectivity index (χ1) is 12.7. The molecule has 0 saturated carbocycles. The van der Waals surface area contributed by atoms with Crippen molar-refractivity contribution >= 4 is 5.91 Å². The Kier molecular flexibility index (Phi) is 6.14. The highest BCUT2D eigenvalue weighted by Gasteiger charge is 2.40. The number of nitrogens with zero attached hydrogens (tertiary/aromatic N) is 3. The molecule has 4 heterocycles. The smallest absolute Gasteiger partial charge is 0.228 e. The van der Waals surface area contributed by atoms with Crippen molar-refractivity contribution < 1.29 is 14.3 Å². The number of carbonyl (C=O) groups is 1. The number of rotatable bonds is 4. The summed E-state index contributed by atoms with van der Waals surface area (Å²) < 4.78 is 11.4. The average molecular weight is 366 g/mol. The van der Waals surface area contributed by atoms with Crippen LogP contribution < -0.4 is 0 Å². The van der Waals surface area contributed by atoms with Crippen LogP contribution in [-0.2, 0) is 14.3 Å². The SMILES string of the molecule is O=C(C1CCOC1)N1CCC2(CC1)COCCN(CCN1CCCC1)C2. The number of carbonyl (C=O) groups excluding carboxylic acids is 1. The number of likely N-dealkylation sites (tertiary alicyclic amines) is 2. The molecule has 1 unspecified atom stereocenters. The molecule has 6 nitrogen and oxygen atoms in total. The van der Waals surface area contributed by atoms with E-state index in [0.29, 0.717) is 12.5 Å². The van der Waals surface area contributed by atoms with Crippen LogP contribution in [0.4, 0.5) is 0 Å². The van der Waals surface area contributed by atoms with Crippen LogP contribution in [0.3, 0.4) is 0 Å². The molecule has 0 N–H and O–H groups in total. The fourth-order valence-electron chi connectivity index (χ4n) is 5.05. The van der Waals surface area contributed by atoms with Gasteiger partial charge in [0.15, 0.2) is 0 Å². The van der Waals surface area contributed by atoms with Crippen LogP contribution in [0.25, 0.3) is 0 Å². The zero-order chi connectivity index (χ0) is 17.8. The van der Waals surface area contributed by atoms with Gasteiger partial charge >= 0.3 is 0 Å². The summed E-state index contributed by atoms with van der Waals surface area (Å²) in [6.07, 6.45) is 5.78. The number of hydrogen-bond acceptors (Lipinski definition) is 5. The monoisotopic (exact) mass is 365 g/mol. The summed E-state index contributed by atoms with van der Waals surface area (Å²) in [5, 5.41) is 0. The van der Waals surface area contributed by atoms with Crippen LogP contribution in [-0.4, -0.2) is 99.4 Å². The molecule has 4 fully saturated rings. The van der Waals surface area contributed by atoms with Crippen molar-refractivity contribution in [1.82, 2.24) is 14.7 Å². The lowest BCUT2D eigenvalue weighted by Gasteiger charge is -2.43. The molecule has 4 saturated heterocycles. The summed E-state index contributed by atoms with van der Waals surface area (Å²) in [6.45, 7) is 11.9. The van der Waals surface area contributed by atoms with E-state index in [1.165, 1.54) is 32.5 Å². The van der Waals surface area contributed by atoms with Gasteiger partial charge in [0.2, 0.25) is 5.91 Å². The Morgan fingerprint density at radius 1 is 0.923 bits per heavy atom. The second-order valence-corrected chi connectivity index (χ2v) is 8.76. The Hall–Kier alpha value is -0.690. The first-order valence-electron chi connectivity index (χ1n) is 10.6. The predicted molar refractivity (Wildman–Crippen MR) is 100 cm³/mol. The summed E-state index contributed by atoms with van der Waals surface area (Å²) >= 11 is 0. The topological polar surface area (TPSA) is 45.2 Å². The maximum absolute atomic E-state index is 12.7. The zero-order valence-electron chi connectivity index (χ0n) is 16.2. The van der Waals surface area contributed by atoms with Gasteiger partial charge in [-0.05, 0) is 45.2 Å². The number of amides is 1. The van der Waals surface area contributed by atoms with Crippen LogP contribution in [0, 0.1) is 11.3 Å². The van der Waals surface area contributed by atoms with Crippen molar-refractivity contribution in [2.75, 3.05) is 78.8 Å². The summed E-state index contributed by atoms with van der Waals surface area (Å²) in [4.78, 5) is 20.0. The Balaban J connectivity index is 1.28. The second-order valence-electron chi connectivity index (χ2n) is 8.76. The van der Waals surface area contributed by atoms with E-state index in [1.807, 2.05) is 0 Å². The van der Waals surface area contributed by atoms with E-state index in [4.69, 9.17) is 9.47 Å². The van der Waals surface area contributed by atoms with Crippen LogP contribution in [0.15, 0.2) is 0 Å². The Bertz CT molecular complexity index is 467. The Morgan fingerprint density at radius 2 is 1.69 bits per heavy atom. The molecule has 0 radical (unpaired) electrons. The molecule has 4 rings (SSSR count). The van der Waals surface area contributed by atoms with Crippen molar-refractivity contribution in [3.8, 4) is 0 Å². The quantitative estimate of drug-likeness (QED) is 0.745. The molecule has 0 aliphatic carbocycles. The normalized spacial score (nSPS) is 30.8. The van der Waals surface area contributed by atoms with E-state index in [0.717, 1.165) is 71.8 Å². The maximum Gasteiger partial charge on any atom is 0.228 e. The minimum atomic E-state index is 0.103. The van der Waals surface area contributed by atoms with E-state index in [2.05, 4.69) is 14.7 Å². The molecule has 6 heteroatoms. The minimum Gasteiger partial charge on any atom is -0.381 e. The van der Waals surface area contributed by atoms with Gasteiger partial charge in [-0.3, -0.25) is 9.69 Å². The van der Waals surface area contributed by atoms with E-state index in [-0.39, 0.29) is 11.3 Å². The van der Waals surface area contributed by atoms with Crippen LogP contribution in [0.2, 0.25) is 0 Å². The van der Waals surface area contributed by atoms with Gasteiger partial charge in [-0.25, -0.2) is 0 Å². The first kappa shape index (κ1) is 18.7. The molecule has 4 aliphatic rings. The van der Waals surface area contributed by atoms with Crippen LogP contribution in [0.5, 0.6) is 0 Å². The van der Waals surface area contributed by atoms with Crippen molar-refractivity contribution in [2.24, 2.45) is 11.3 Å². The van der Waals surface area contributed by atoms with Gasteiger partial charge in [-0.15, -0.1) is 0 Å². The third-order valence-electron chi connectivity index (χ3n) is 6.86. The molecule has 0 aromatic carbocycles. The summed E-state index contributed by atoms with van der Waals surface area (Å²) in [7, 11) is 0.